The third kappa shape index (κ3) is 3.08. The predicted octanol–water partition coefficient (Wildman–Crippen LogP) is 4.84. The van der Waals surface area contributed by atoms with Crippen LogP contribution in [0.25, 0.3) is 0 Å². The molecule has 3 nitrogen and oxygen atoms in total. The number of fused-ring (bicyclic) bond motifs is 2. The molecular weight excluding hydrogens is 322 g/mol. The van der Waals surface area contributed by atoms with E-state index in [0.29, 0.717) is 6.54 Å². The van der Waals surface area contributed by atoms with E-state index >= 15 is 0 Å². The number of carbonyl (C=O) groups excluding carboxylic acids is 1. The van der Waals surface area contributed by atoms with Crippen molar-refractivity contribution in [2.24, 2.45) is 0 Å². The van der Waals surface area contributed by atoms with Crippen molar-refractivity contribution in [2.75, 3.05) is 6.54 Å². The first kappa shape index (κ1) is 16.4. The third-order valence-corrected chi connectivity index (χ3v) is 4.89. The summed E-state index contributed by atoms with van der Waals surface area (Å²) in [5, 5.41) is 3.14. The number of ether oxygens (including phenoxy) is 1. The molecule has 0 bridgehead atoms. The van der Waals surface area contributed by atoms with Crippen molar-refractivity contribution in [3.63, 3.8) is 0 Å². The molecule has 1 atom stereocenters. The lowest BCUT2D eigenvalue weighted by molar-refractivity contribution is -0.121. The third-order valence-electron chi connectivity index (χ3n) is 4.89. The molecule has 0 spiro atoms. The highest BCUT2D eigenvalue weighted by atomic mass is 16.5. The second kappa shape index (κ2) is 7.04. The van der Waals surface area contributed by atoms with E-state index in [1.807, 2.05) is 66.7 Å². The highest BCUT2D eigenvalue weighted by Crippen LogP contribution is 2.43. The molecular formula is C23H21NO2. The summed E-state index contributed by atoms with van der Waals surface area (Å²) in [5.74, 6) is 1.42. The Labute approximate surface area is 153 Å². The highest BCUT2D eigenvalue weighted by molar-refractivity contribution is 5.89. The molecule has 26 heavy (non-hydrogen) atoms. The maximum absolute atomic E-state index is 13.1. The second-order valence-electron chi connectivity index (χ2n) is 6.67. The Morgan fingerprint density at radius 2 is 1.42 bits per heavy atom. The van der Waals surface area contributed by atoms with Gasteiger partial charge >= 0.3 is 0 Å². The molecule has 0 fully saturated rings. The van der Waals surface area contributed by atoms with Gasteiger partial charge in [0.15, 0.2) is 0 Å². The van der Waals surface area contributed by atoms with Crippen LogP contribution in [0.5, 0.6) is 11.5 Å². The predicted molar refractivity (Wildman–Crippen MR) is 103 cm³/mol. The van der Waals surface area contributed by atoms with Crippen LogP contribution >= 0.6 is 0 Å². The van der Waals surface area contributed by atoms with Gasteiger partial charge in [-0.3, -0.25) is 4.79 Å². The Kier molecular flexibility index (Phi) is 4.44. The van der Waals surface area contributed by atoms with Crippen LogP contribution in [0, 0.1) is 0 Å². The van der Waals surface area contributed by atoms with Crippen LogP contribution in [0.1, 0.15) is 35.4 Å². The van der Waals surface area contributed by atoms with Crippen molar-refractivity contribution in [1.82, 2.24) is 5.32 Å². The SMILES string of the molecule is CC(CNC(=O)C1c2ccccc2Oc2ccccc21)c1ccccc1. The topological polar surface area (TPSA) is 38.3 Å². The first-order valence-corrected chi connectivity index (χ1v) is 8.92. The summed E-state index contributed by atoms with van der Waals surface area (Å²) in [7, 11) is 0. The van der Waals surface area contributed by atoms with E-state index in [0.717, 1.165) is 22.6 Å². The molecule has 1 unspecified atom stereocenters. The van der Waals surface area contributed by atoms with E-state index in [4.69, 9.17) is 4.74 Å². The van der Waals surface area contributed by atoms with Gasteiger partial charge in [-0.15, -0.1) is 0 Å². The fourth-order valence-electron chi connectivity index (χ4n) is 3.45. The van der Waals surface area contributed by atoms with Crippen LogP contribution in [0.4, 0.5) is 0 Å². The number of hydrogen-bond acceptors (Lipinski definition) is 2. The molecule has 3 aromatic rings. The number of carbonyl (C=O) groups is 1. The Bertz CT molecular complexity index is 875. The molecule has 0 radical (unpaired) electrons. The summed E-state index contributed by atoms with van der Waals surface area (Å²) < 4.78 is 5.97. The van der Waals surface area contributed by atoms with Gasteiger partial charge in [-0.25, -0.2) is 0 Å². The average molecular weight is 343 g/mol. The maximum atomic E-state index is 13.1. The zero-order valence-corrected chi connectivity index (χ0v) is 14.7. The van der Waals surface area contributed by atoms with E-state index in [1.165, 1.54) is 5.56 Å². The minimum absolute atomic E-state index is 0.0102. The van der Waals surface area contributed by atoms with E-state index in [-0.39, 0.29) is 17.7 Å². The monoisotopic (exact) mass is 343 g/mol. The number of amides is 1. The summed E-state index contributed by atoms with van der Waals surface area (Å²) in [6, 6.07) is 25.8. The maximum Gasteiger partial charge on any atom is 0.232 e. The molecule has 4 rings (SSSR count). The fourth-order valence-corrected chi connectivity index (χ4v) is 3.45. The van der Waals surface area contributed by atoms with Crippen LogP contribution in [-0.2, 0) is 4.79 Å². The van der Waals surface area contributed by atoms with Gasteiger partial charge in [0.1, 0.15) is 11.5 Å². The molecule has 3 aromatic carbocycles. The molecule has 1 heterocycles. The molecule has 1 aliphatic heterocycles. The Morgan fingerprint density at radius 3 is 2.04 bits per heavy atom. The van der Waals surface area contributed by atoms with Crippen molar-refractivity contribution in [1.29, 1.82) is 0 Å². The van der Waals surface area contributed by atoms with Gasteiger partial charge in [0.25, 0.3) is 0 Å². The van der Waals surface area contributed by atoms with Gasteiger partial charge in [0.05, 0.1) is 5.92 Å². The first-order valence-electron chi connectivity index (χ1n) is 8.92. The number of nitrogens with one attached hydrogen (secondary N) is 1. The minimum Gasteiger partial charge on any atom is -0.457 e. The quantitative estimate of drug-likeness (QED) is 0.736. The van der Waals surface area contributed by atoms with Crippen LogP contribution in [0.15, 0.2) is 78.9 Å². The molecule has 1 N–H and O–H groups in total. The van der Waals surface area contributed by atoms with Crippen molar-refractivity contribution < 1.29 is 9.53 Å². The Morgan fingerprint density at radius 1 is 0.885 bits per heavy atom. The lowest BCUT2D eigenvalue weighted by atomic mass is 9.87. The van der Waals surface area contributed by atoms with Crippen LogP contribution in [0.3, 0.4) is 0 Å². The Hall–Kier alpha value is -3.07. The summed E-state index contributed by atoms with van der Waals surface area (Å²) >= 11 is 0. The number of benzene rings is 3. The summed E-state index contributed by atoms with van der Waals surface area (Å²) in [4.78, 5) is 13.1. The first-order chi connectivity index (χ1) is 12.7. The van der Waals surface area contributed by atoms with Gasteiger partial charge in [-0.1, -0.05) is 73.7 Å². The van der Waals surface area contributed by atoms with Gasteiger partial charge in [0, 0.05) is 17.7 Å². The summed E-state index contributed by atoms with van der Waals surface area (Å²) in [6.45, 7) is 2.73. The number of rotatable bonds is 4. The minimum atomic E-state index is -0.348. The molecule has 0 aromatic heterocycles. The standard InChI is InChI=1S/C23H21NO2/c1-16(17-9-3-2-4-10-17)15-24-23(25)22-18-11-5-7-13-20(18)26-21-14-8-6-12-19(21)22/h2-14,16,22H,15H2,1H3,(H,24,25). The number of para-hydroxylation sites is 2. The summed E-state index contributed by atoms with van der Waals surface area (Å²) in [5.41, 5.74) is 3.05. The lowest BCUT2D eigenvalue weighted by Gasteiger charge is -2.27. The molecule has 1 aliphatic rings. The van der Waals surface area contributed by atoms with E-state index in [1.54, 1.807) is 0 Å². The van der Waals surface area contributed by atoms with Crippen molar-refractivity contribution >= 4 is 5.91 Å². The highest BCUT2D eigenvalue weighted by Gasteiger charge is 2.32. The molecule has 0 saturated carbocycles. The van der Waals surface area contributed by atoms with Crippen LogP contribution < -0.4 is 10.1 Å². The summed E-state index contributed by atoms with van der Waals surface area (Å²) in [6.07, 6.45) is 0. The zero-order chi connectivity index (χ0) is 17.9. The van der Waals surface area contributed by atoms with Gasteiger partial charge < -0.3 is 10.1 Å². The smallest absolute Gasteiger partial charge is 0.232 e. The second-order valence-corrected chi connectivity index (χ2v) is 6.67. The molecule has 3 heteroatoms. The van der Waals surface area contributed by atoms with E-state index in [2.05, 4.69) is 24.4 Å². The van der Waals surface area contributed by atoms with E-state index in [9.17, 15) is 4.79 Å². The normalized spacial score (nSPS) is 13.9. The fraction of sp³-hybridized carbons (Fsp3) is 0.174. The van der Waals surface area contributed by atoms with Crippen LogP contribution in [-0.4, -0.2) is 12.5 Å². The lowest BCUT2D eigenvalue weighted by Crippen LogP contribution is -2.34. The van der Waals surface area contributed by atoms with Gasteiger partial charge in [-0.05, 0) is 23.6 Å². The molecule has 0 aliphatic carbocycles. The zero-order valence-electron chi connectivity index (χ0n) is 14.7. The van der Waals surface area contributed by atoms with Crippen LogP contribution in [0.2, 0.25) is 0 Å². The van der Waals surface area contributed by atoms with Crippen molar-refractivity contribution in [2.45, 2.75) is 18.8 Å². The average Bonchev–Trinajstić information content (AvgIpc) is 2.70. The molecule has 0 saturated heterocycles. The van der Waals surface area contributed by atoms with Gasteiger partial charge in [0.2, 0.25) is 5.91 Å². The Balaban J connectivity index is 1.58. The molecule has 130 valence electrons. The van der Waals surface area contributed by atoms with E-state index < -0.39 is 0 Å². The largest absolute Gasteiger partial charge is 0.457 e. The molecule has 1 amide bonds. The van der Waals surface area contributed by atoms with Crippen molar-refractivity contribution in [3.8, 4) is 11.5 Å². The van der Waals surface area contributed by atoms with Gasteiger partial charge in [-0.2, -0.15) is 0 Å². The van der Waals surface area contributed by atoms with Crippen molar-refractivity contribution in [3.05, 3.63) is 95.6 Å². The number of hydrogen-bond donors (Lipinski definition) is 1.